The number of hydrogen-bond acceptors (Lipinski definition) is 1. The smallest absolute Gasteiger partial charge is 0.224 e. The lowest BCUT2D eigenvalue weighted by molar-refractivity contribution is -0.120. The highest BCUT2D eigenvalue weighted by Crippen LogP contribution is 2.22. The van der Waals surface area contributed by atoms with Crippen LogP contribution in [0.5, 0.6) is 0 Å². The molecule has 0 bridgehead atoms. The Bertz CT molecular complexity index is 433. The van der Waals surface area contributed by atoms with Crippen LogP contribution in [0, 0.1) is 19.8 Å². The highest BCUT2D eigenvalue weighted by Gasteiger charge is 2.14. The molecule has 1 aromatic carbocycles. The first kappa shape index (κ1) is 14.1. The highest BCUT2D eigenvalue weighted by atomic mass is 16.1. The Morgan fingerprint density at radius 2 is 1.95 bits per heavy atom. The molecular weight excluding hydrogens is 234 g/mol. The minimum absolute atomic E-state index is 0.164. The number of hydrogen-bond donors (Lipinski definition) is 1. The Labute approximate surface area is 116 Å². The Hall–Kier alpha value is -1.31. The van der Waals surface area contributed by atoms with Crippen LogP contribution >= 0.6 is 0 Å². The Kier molecular flexibility index (Phi) is 5.00. The van der Waals surface area contributed by atoms with E-state index in [1.807, 2.05) is 0 Å². The van der Waals surface area contributed by atoms with Crippen LogP contribution in [0.3, 0.4) is 0 Å². The molecule has 1 fully saturated rings. The van der Waals surface area contributed by atoms with E-state index in [1.165, 1.54) is 43.2 Å². The van der Waals surface area contributed by atoms with Crippen molar-refractivity contribution >= 4 is 5.91 Å². The van der Waals surface area contributed by atoms with Crippen molar-refractivity contribution in [1.82, 2.24) is 5.32 Å². The van der Waals surface area contributed by atoms with Gasteiger partial charge < -0.3 is 5.32 Å². The summed E-state index contributed by atoms with van der Waals surface area (Å²) in [5.41, 5.74) is 3.61. The zero-order valence-electron chi connectivity index (χ0n) is 12.2. The van der Waals surface area contributed by atoms with Gasteiger partial charge in [0, 0.05) is 6.54 Å². The molecule has 1 aliphatic carbocycles. The normalized spacial score (nSPS) is 16.3. The first-order chi connectivity index (χ1) is 9.15. The van der Waals surface area contributed by atoms with Crippen molar-refractivity contribution in [2.24, 2.45) is 5.92 Å². The molecule has 104 valence electrons. The van der Waals surface area contributed by atoms with Gasteiger partial charge in [-0.15, -0.1) is 0 Å². The highest BCUT2D eigenvalue weighted by molar-refractivity contribution is 5.78. The van der Waals surface area contributed by atoms with Crippen LogP contribution in [0.15, 0.2) is 18.2 Å². The first-order valence-electron chi connectivity index (χ1n) is 7.48. The molecule has 0 aliphatic heterocycles. The van der Waals surface area contributed by atoms with Crippen LogP contribution in [-0.4, -0.2) is 12.5 Å². The predicted molar refractivity (Wildman–Crippen MR) is 79.2 cm³/mol. The maximum absolute atomic E-state index is 12.0. The monoisotopic (exact) mass is 259 g/mol. The lowest BCUT2D eigenvalue weighted by atomic mass is 9.89. The fourth-order valence-corrected chi connectivity index (χ4v) is 2.93. The Morgan fingerprint density at radius 1 is 1.21 bits per heavy atom. The molecule has 2 heteroatoms. The molecule has 1 saturated carbocycles. The van der Waals surface area contributed by atoms with Crippen LogP contribution in [-0.2, 0) is 11.2 Å². The van der Waals surface area contributed by atoms with Gasteiger partial charge >= 0.3 is 0 Å². The number of aryl methyl sites for hydroxylation is 2. The minimum Gasteiger partial charge on any atom is -0.356 e. The topological polar surface area (TPSA) is 29.1 Å². The van der Waals surface area contributed by atoms with Crippen LogP contribution < -0.4 is 5.32 Å². The fraction of sp³-hybridized carbons (Fsp3) is 0.588. The average Bonchev–Trinajstić information content (AvgIpc) is 2.41. The van der Waals surface area contributed by atoms with Crippen molar-refractivity contribution in [3.8, 4) is 0 Å². The summed E-state index contributed by atoms with van der Waals surface area (Å²) in [6.07, 6.45) is 7.11. The summed E-state index contributed by atoms with van der Waals surface area (Å²) >= 11 is 0. The Balaban J connectivity index is 1.80. The first-order valence-corrected chi connectivity index (χ1v) is 7.48. The van der Waals surface area contributed by atoms with E-state index in [1.54, 1.807) is 0 Å². The fourth-order valence-electron chi connectivity index (χ4n) is 2.93. The van der Waals surface area contributed by atoms with Gasteiger partial charge in [-0.05, 0) is 43.7 Å². The second-order valence-corrected chi connectivity index (χ2v) is 5.91. The number of amides is 1. The van der Waals surface area contributed by atoms with Crippen LogP contribution in [0.4, 0.5) is 0 Å². The summed E-state index contributed by atoms with van der Waals surface area (Å²) in [5, 5.41) is 3.10. The van der Waals surface area contributed by atoms with Gasteiger partial charge in [-0.2, -0.15) is 0 Å². The van der Waals surface area contributed by atoms with E-state index in [4.69, 9.17) is 0 Å². The zero-order valence-corrected chi connectivity index (χ0v) is 12.2. The van der Waals surface area contributed by atoms with E-state index in [-0.39, 0.29) is 5.91 Å². The summed E-state index contributed by atoms with van der Waals surface area (Å²) in [7, 11) is 0. The molecule has 0 unspecified atom stereocenters. The van der Waals surface area contributed by atoms with E-state index in [2.05, 4.69) is 37.4 Å². The van der Waals surface area contributed by atoms with Gasteiger partial charge in [0.2, 0.25) is 5.91 Å². The molecule has 19 heavy (non-hydrogen) atoms. The van der Waals surface area contributed by atoms with Gasteiger partial charge in [0.05, 0.1) is 6.42 Å². The standard InChI is InChI=1S/C17H25NO/c1-13-8-9-16(14(2)10-13)11-17(19)18-12-15-6-4-3-5-7-15/h8-10,15H,3-7,11-12H2,1-2H3,(H,18,19). The van der Waals surface area contributed by atoms with Crippen molar-refractivity contribution in [3.63, 3.8) is 0 Å². The summed E-state index contributed by atoms with van der Waals surface area (Å²) in [6, 6.07) is 6.30. The van der Waals surface area contributed by atoms with Crippen molar-refractivity contribution in [2.45, 2.75) is 52.4 Å². The molecule has 0 radical (unpaired) electrons. The maximum Gasteiger partial charge on any atom is 0.224 e. The minimum atomic E-state index is 0.164. The quantitative estimate of drug-likeness (QED) is 0.880. The van der Waals surface area contributed by atoms with Crippen molar-refractivity contribution in [2.75, 3.05) is 6.54 Å². The zero-order chi connectivity index (χ0) is 13.7. The van der Waals surface area contributed by atoms with Crippen molar-refractivity contribution in [1.29, 1.82) is 0 Å². The summed E-state index contributed by atoms with van der Waals surface area (Å²) in [5.74, 6) is 0.870. The number of nitrogens with one attached hydrogen (secondary N) is 1. The van der Waals surface area contributed by atoms with Gasteiger partial charge in [-0.25, -0.2) is 0 Å². The molecule has 0 atom stereocenters. The maximum atomic E-state index is 12.0. The number of rotatable bonds is 4. The summed E-state index contributed by atoms with van der Waals surface area (Å²) < 4.78 is 0. The third kappa shape index (κ3) is 4.38. The molecule has 0 aromatic heterocycles. The van der Waals surface area contributed by atoms with Crippen LogP contribution in [0.1, 0.15) is 48.8 Å². The summed E-state index contributed by atoms with van der Waals surface area (Å²) in [4.78, 5) is 12.0. The third-order valence-electron chi connectivity index (χ3n) is 4.16. The van der Waals surface area contributed by atoms with Crippen LogP contribution in [0.2, 0.25) is 0 Å². The molecule has 1 N–H and O–H groups in total. The average molecular weight is 259 g/mol. The molecule has 1 amide bonds. The van der Waals surface area contributed by atoms with E-state index in [0.717, 1.165) is 12.1 Å². The molecule has 2 rings (SSSR count). The molecule has 1 aromatic rings. The lowest BCUT2D eigenvalue weighted by Gasteiger charge is -2.21. The van der Waals surface area contributed by atoms with E-state index >= 15 is 0 Å². The van der Waals surface area contributed by atoms with Crippen LogP contribution in [0.25, 0.3) is 0 Å². The van der Waals surface area contributed by atoms with E-state index < -0.39 is 0 Å². The van der Waals surface area contributed by atoms with Gasteiger partial charge in [-0.3, -0.25) is 4.79 Å². The molecule has 1 aliphatic rings. The number of carbonyl (C=O) groups is 1. The molecular formula is C17H25NO. The third-order valence-corrected chi connectivity index (χ3v) is 4.16. The van der Waals surface area contributed by atoms with E-state index in [9.17, 15) is 4.79 Å². The van der Waals surface area contributed by atoms with Gasteiger partial charge in [0.15, 0.2) is 0 Å². The number of benzene rings is 1. The molecule has 2 nitrogen and oxygen atoms in total. The lowest BCUT2D eigenvalue weighted by Crippen LogP contribution is -2.31. The number of carbonyl (C=O) groups excluding carboxylic acids is 1. The van der Waals surface area contributed by atoms with Gasteiger partial charge in [0.1, 0.15) is 0 Å². The second kappa shape index (κ2) is 6.74. The van der Waals surface area contributed by atoms with Gasteiger partial charge in [-0.1, -0.05) is 43.0 Å². The van der Waals surface area contributed by atoms with Crippen molar-refractivity contribution in [3.05, 3.63) is 34.9 Å². The van der Waals surface area contributed by atoms with E-state index in [0.29, 0.717) is 12.3 Å². The Morgan fingerprint density at radius 3 is 2.63 bits per heavy atom. The second-order valence-electron chi connectivity index (χ2n) is 5.91. The van der Waals surface area contributed by atoms with Crippen molar-refractivity contribution < 1.29 is 4.79 Å². The van der Waals surface area contributed by atoms with Gasteiger partial charge in [0.25, 0.3) is 0 Å². The SMILES string of the molecule is Cc1ccc(CC(=O)NCC2CCCCC2)c(C)c1. The summed E-state index contributed by atoms with van der Waals surface area (Å²) in [6.45, 7) is 5.03. The molecule has 0 spiro atoms. The molecule has 0 heterocycles. The largest absolute Gasteiger partial charge is 0.356 e. The molecule has 0 saturated heterocycles. The predicted octanol–water partition coefficient (Wildman–Crippen LogP) is 3.54.